The van der Waals surface area contributed by atoms with Crippen molar-refractivity contribution in [3.05, 3.63) is 17.5 Å². The van der Waals surface area contributed by atoms with Crippen molar-refractivity contribution < 1.29 is 9.53 Å². The van der Waals surface area contributed by atoms with Crippen LogP contribution in [0.3, 0.4) is 0 Å². The van der Waals surface area contributed by atoms with Crippen molar-refractivity contribution in [1.29, 1.82) is 0 Å². The van der Waals surface area contributed by atoms with E-state index in [0.717, 1.165) is 43.5 Å². The van der Waals surface area contributed by atoms with Crippen molar-refractivity contribution in [2.75, 3.05) is 50.8 Å². The van der Waals surface area contributed by atoms with Gasteiger partial charge in [-0.3, -0.25) is 9.69 Å². The van der Waals surface area contributed by atoms with E-state index in [1.807, 2.05) is 24.8 Å². The predicted octanol–water partition coefficient (Wildman–Crippen LogP) is 0.215. The van der Waals surface area contributed by atoms with Gasteiger partial charge in [-0.05, 0) is 26.3 Å². The molecule has 7 nitrogen and oxygen atoms in total. The van der Waals surface area contributed by atoms with Gasteiger partial charge in [0.2, 0.25) is 11.9 Å². The SMILES string of the molecule is Cc1cc(C)nc(N2CC3CC(C2)N3CC(=O)N2CCOCC2)n1. The minimum absolute atomic E-state index is 0.240. The van der Waals surface area contributed by atoms with E-state index in [0.29, 0.717) is 31.8 Å². The fourth-order valence-electron chi connectivity index (χ4n) is 4.03. The lowest BCUT2D eigenvalue weighted by atomic mass is 9.87. The van der Waals surface area contributed by atoms with Gasteiger partial charge < -0.3 is 14.5 Å². The standard InChI is InChI=1S/C17H25N5O2/c1-12-7-13(2)19-17(18-12)21-9-14-8-15(10-21)22(14)11-16(23)20-3-5-24-6-4-20/h7,14-15H,3-6,8-11H2,1-2H3. The van der Waals surface area contributed by atoms with Crippen molar-refractivity contribution in [1.82, 2.24) is 19.8 Å². The van der Waals surface area contributed by atoms with E-state index < -0.39 is 0 Å². The highest BCUT2D eigenvalue weighted by Crippen LogP contribution is 2.33. The number of rotatable bonds is 3. The van der Waals surface area contributed by atoms with Gasteiger partial charge in [0.05, 0.1) is 19.8 Å². The van der Waals surface area contributed by atoms with Crippen LogP contribution in [0.2, 0.25) is 0 Å². The number of ether oxygens (including phenoxy) is 1. The Morgan fingerprint density at radius 2 is 1.79 bits per heavy atom. The quantitative estimate of drug-likeness (QED) is 0.789. The fourth-order valence-corrected chi connectivity index (χ4v) is 4.03. The zero-order valence-corrected chi connectivity index (χ0v) is 14.4. The number of morpholine rings is 1. The predicted molar refractivity (Wildman–Crippen MR) is 90.0 cm³/mol. The van der Waals surface area contributed by atoms with Crippen LogP contribution in [0.25, 0.3) is 0 Å². The first-order valence-corrected chi connectivity index (χ1v) is 8.78. The van der Waals surface area contributed by atoms with Crippen molar-refractivity contribution in [3.8, 4) is 0 Å². The number of aryl methyl sites for hydroxylation is 2. The Kier molecular flexibility index (Phi) is 4.14. The Morgan fingerprint density at radius 1 is 1.17 bits per heavy atom. The van der Waals surface area contributed by atoms with Crippen molar-refractivity contribution in [3.63, 3.8) is 0 Å². The van der Waals surface area contributed by atoms with E-state index in [1.54, 1.807) is 0 Å². The van der Waals surface area contributed by atoms with Crippen molar-refractivity contribution in [2.24, 2.45) is 0 Å². The van der Waals surface area contributed by atoms with Crippen molar-refractivity contribution in [2.45, 2.75) is 32.4 Å². The number of aromatic nitrogens is 2. The van der Waals surface area contributed by atoms with Crippen molar-refractivity contribution >= 4 is 11.9 Å². The molecule has 4 saturated heterocycles. The molecule has 4 aliphatic heterocycles. The molecule has 0 spiro atoms. The second kappa shape index (κ2) is 6.29. The van der Waals surface area contributed by atoms with Crippen LogP contribution in [0.4, 0.5) is 5.95 Å². The van der Waals surface area contributed by atoms with Crippen LogP contribution in [0.15, 0.2) is 6.07 Å². The van der Waals surface area contributed by atoms with E-state index in [1.165, 1.54) is 6.42 Å². The topological polar surface area (TPSA) is 61.8 Å². The molecule has 0 saturated carbocycles. The summed E-state index contributed by atoms with van der Waals surface area (Å²) in [5, 5.41) is 0. The number of carbonyl (C=O) groups excluding carboxylic acids is 1. The van der Waals surface area contributed by atoms with E-state index in [9.17, 15) is 4.79 Å². The third-order valence-electron chi connectivity index (χ3n) is 5.28. The molecule has 5 heterocycles. The summed E-state index contributed by atoms with van der Waals surface area (Å²) < 4.78 is 5.32. The average molecular weight is 331 g/mol. The number of fused-ring (bicyclic) bond motifs is 2. The highest BCUT2D eigenvalue weighted by molar-refractivity contribution is 5.78. The molecule has 4 aliphatic rings. The normalized spacial score (nSPS) is 27.1. The number of hydrogen-bond donors (Lipinski definition) is 0. The molecule has 0 aliphatic carbocycles. The zero-order valence-electron chi connectivity index (χ0n) is 14.4. The molecule has 5 rings (SSSR count). The monoisotopic (exact) mass is 331 g/mol. The molecular weight excluding hydrogens is 306 g/mol. The van der Waals surface area contributed by atoms with Gasteiger partial charge in [-0.1, -0.05) is 0 Å². The molecule has 1 aromatic heterocycles. The number of hydrogen-bond acceptors (Lipinski definition) is 6. The van der Waals surface area contributed by atoms with Gasteiger partial charge in [0.25, 0.3) is 0 Å². The minimum atomic E-state index is 0.240. The molecule has 0 radical (unpaired) electrons. The van der Waals surface area contributed by atoms with Gasteiger partial charge in [0.15, 0.2) is 0 Å². The van der Waals surface area contributed by atoms with Crippen LogP contribution in [-0.2, 0) is 9.53 Å². The smallest absolute Gasteiger partial charge is 0.236 e. The van der Waals surface area contributed by atoms with Gasteiger partial charge in [-0.25, -0.2) is 9.97 Å². The third-order valence-corrected chi connectivity index (χ3v) is 5.28. The number of amides is 1. The number of nitrogens with zero attached hydrogens (tertiary/aromatic N) is 5. The molecule has 7 heteroatoms. The number of carbonyl (C=O) groups is 1. The molecule has 1 amide bonds. The summed E-state index contributed by atoms with van der Waals surface area (Å²) in [5.74, 6) is 1.07. The second-order valence-electron chi connectivity index (χ2n) is 7.06. The van der Waals surface area contributed by atoms with Gasteiger partial charge >= 0.3 is 0 Å². The summed E-state index contributed by atoms with van der Waals surface area (Å²) >= 11 is 0. The molecule has 130 valence electrons. The Balaban J connectivity index is 1.37. The lowest BCUT2D eigenvalue weighted by Gasteiger charge is -2.56. The first-order chi connectivity index (χ1) is 11.6. The Bertz CT molecular complexity index is 599. The second-order valence-corrected chi connectivity index (χ2v) is 7.06. The van der Waals surface area contributed by atoms with Crippen LogP contribution in [-0.4, -0.2) is 83.7 Å². The molecule has 2 unspecified atom stereocenters. The number of piperidine rings is 1. The summed E-state index contributed by atoms with van der Waals surface area (Å²) in [5.41, 5.74) is 2.02. The summed E-state index contributed by atoms with van der Waals surface area (Å²) in [7, 11) is 0. The van der Waals surface area contributed by atoms with E-state index in [-0.39, 0.29) is 5.91 Å². The highest BCUT2D eigenvalue weighted by Gasteiger charge is 2.46. The van der Waals surface area contributed by atoms with Gasteiger partial charge in [-0.15, -0.1) is 0 Å². The third kappa shape index (κ3) is 2.98. The Labute approximate surface area is 142 Å². The van der Waals surface area contributed by atoms with Crippen LogP contribution >= 0.6 is 0 Å². The molecule has 0 N–H and O–H groups in total. The number of piperazine rings is 1. The first-order valence-electron chi connectivity index (χ1n) is 8.78. The molecule has 0 aromatic carbocycles. The van der Waals surface area contributed by atoms with E-state index >= 15 is 0 Å². The molecule has 1 aromatic rings. The maximum Gasteiger partial charge on any atom is 0.236 e. The lowest BCUT2D eigenvalue weighted by Crippen LogP contribution is -2.70. The highest BCUT2D eigenvalue weighted by atomic mass is 16.5. The van der Waals surface area contributed by atoms with Gasteiger partial charge in [0.1, 0.15) is 0 Å². The molecule has 2 bridgehead atoms. The molecule has 4 fully saturated rings. The average Bonchev–Trinajstić information content (AvgIpc) is 2.59. The van der Waals surface area contributed by atoms with Gasteiger partial charge in [0, 0.05) is 49.7 Å². The van der Waals surface area contributed by atoms with E-state index in [2.05, 4.69) is 19.8 Å². The molecule has 24 heavy (non-hydrogen) atoms. The Hall–Kier alpha value is -1.73. The fraction of sp³-hybridized carbons (Fsp3) is 0.706. The largest absolute Gasteiger partial charge is 0.378 e. The maximum absolute atomic E-state index is 12.5. The summed E-state index contributed by atoms with van der Waals surface area (Å²) in [6.45, 7) is 9.16. The minimum Gasteiger partial charge on any atom is -0.378 e. The Morgan fingerprint density at radius 3 is 2.42 bits per heavy atom. The number of anilines is 1. The summed E-state index contributed by atoms with van der Waals surface area (Å²) in [6, 6.07) is 2.89. The van der Waals surface area contributed by atoms with Crippen LogP contribution < -0.4 is 4.90 Å². The molecule has 2 atom stereocenters. The van der Waals surface area contributed by atoms with Crippen LogP contribution in [0.1, 0.15) is 17.8 Å². The summed E-state index contributed by atoms with van der Waals surface area (Å²) in [6.07, 6.45) is 1.18. The lowest BCUT2D eigenvalue weighted by molar-refractivity contribution is -0.141. The van der Waals surface area contributed by atoms with Gasteiger partial charge in [-0.2, -0.15) is 0 Å². The van der Waals surface area contributed by atoms with E-state index in [4.69, 9.17) is 4.74 Å². The molecular formula is C17H25N5O2. The van der Waals surface area contributed by atoms with Crippen LogP contribution in [0.5, 0.6) is 0 Å². The summed E-state index contributed by atoms with van der Waals surface area (Å²) in [4.78, 5) is 28.2. The first kappa shape index (κ1) is 15.8. The zero-order chi connectivity index (χ0) is 16.7. The van der Waals surface area contributed by atoms with Crippen LogP contribution in [0, 0.1) is 13.8 Å². The maximum atomic E-state index is 12.5.